The molecule has 1 heterocycles. The Labute approximate surface area is 209 Å². The van der Waals surface area contributed by atoms with Crippen molar-refractivity contribution in [2.45, 2.75) is 18.0 Å². The third-order valence-electron chi connectivity index (χ3n) is 5.57. The fraction of sp³-hybridized carbons (Fsp3) is 0.375. The fourth-order valence-electron chi connectivity index (χ4n) is 3.54. The molecule has 192 valence electrons. The lowest BCUT2D eigenvalue weighted by Crippen LogP contribution is -2.45. The number of likely N-dealkylation sites (N-methyl/N-ethyl adjacent to an activating group) is 1. The van der Waals surface area contributed by atoms with Gasteiger partial charge in [-0.15, -0.1) is 12.4 Å². The maximum absolute atomic E-state index is 13.2. The number of alkyl halides is 3. The van der Waals surface area contributed by atoms with E-state index in [0.29, 0.717) is 12.4 Å². The second-order valence-electron chi connectivity index (χ2n) is 8.15. The first-order valence-corrected chi connectivity index (χ1v) is 12.2. The normalized spacial score (nSPS) is 16.0. The molecular weight excluding hydrogens is 505 g/mol. The number of halogens is 4. The van der Waals surface area contributed by atoms with Gasteiger partial charge >= 0.3 is 6.18 Å². The van der Waals surface area contributed by atoms with E-state index in [4.69, 9.17) is 4.74 Å². The van der Waals surface area contributed by atoms with Crippen LogP contribution in [-0.2, 0) is 9.84 Å². The van der Waals surface area contributed by atoms with Gasteiger partial charge < -0.3 is 9.64 Å². The van der Waals surface area contributed by atoms with E-state index in [2.05, 4.69) is 16.8 Å². The Morgan fingerprint density at radius 2 is 1.51 bits per heavy atom. The highest BCUT2D eigenvalue weighted by molar-refractivity contribution is 8.00. The Hall–Kier alpha value is -2.40. The van der Waals surface area contributed by atoms with Crippen molar-refractivity contribution in [3.8, 4) is 5.75 Å². The highest BCUT2D eigenvalue weighted by Gasteiger charge is 2.31. The van der Waals surface area contributed by atoms with Crippen molar-refractivity contribution in [3.05, 3.63) is 65.7 Å². The van der Waals surface area contributed by atoms with E-state index in [1.807, 2.05) is 0 Å². The zero-order chi connectivity index (χ0) is 24.9. The van der Waals surface area contributed by atoms with Gasteiger partial charge in [0.05, 0.1) is 9.80 Å². The van der Waals surface area contributed by atoms with Crippen LogP contribution in [0.5, 0.6) is 5.75 Å². The summed E-state index contributed by atoms with van der Waals surface area (Å²) < 4.78 is 71.5. The van der Waals surface area contributed by atoms with E-state index in [1.165, 1.54) is 55.5 Å². The average Bonchev–Trinajstić information content (AvgIpc) is 2.78. The molecule has 0 saturated carbocycles. The average molecular weight is 533 g/mol. The summed E-state index contributed by atoms with van der Waals surface area (Å²) in [6.45, 7) is 6.31. The molecule has 3 rings (SSSR count). The van der Waals surface area contributed by atoms with Gasteiger partial charge in [-0.3, -0.25) is 9.69 Å². The molecule has 0 amide bonds. The third kappa shape index (κ3) is 8.06. The van der Waals surface area contributed by atoms with Crippen LogP contribution in [0.25, 0.3) is 4.91 Å². The monoisotopic (exact) mass is 532 g/mol. The number of rotatable bonds is 8. The number of benzene rings is 2. The van der Waals surface area contributed by atoms with Crippen molar-refractivity contribution in [3.63, 3.8) is 0 Å². The number of piperazine rings is 1. The molecule has 1 aliphatic rings. The maximum Gasteiger partial charge on any atom is 0.411 e. The summed E-state index contributed by atoms with van der Waals surface area (Å²) in [5.74, 6) is 0.152. The molecule has 0 spiro atoms. The van der Waals surface area contributed by atoms with Gasteiger partial charge in [-0.1, -0.05) is 24.3 Å². The van der Waals surface area contributed by atoms with Gasteiger partial charge in [0, 0.05) is 44.4 Å². The Morgan fingerprint density at radius 1 is 0.971 bits per heavy atom. The van der Waals surface area contributed by atoms with E-state index < -0.39 is 20.9 Å². The molecule has 1 fully saturated rings. The Balaban J connectivity index is 0.00000432. The molecule has 1 aliphatic heterocycles. The number of ketones is 1. The van der Waals surface area contributed by atoms with Crippen LogP contribution < -0.4 is 4.74 Å². The zero-order valence-electron chi connectivity index (χ0n) is 19.4. The third-order valence-corrected chi connectivity index (χ3v) is 7.39. The van der Waals surface area contributed by atoms with Crippen LogP contribution in [0, 0.1) is 0 Å². The Kier molecular flexibility index (Phi) is 9.91. The lowest BCUT2D eigenvalue weighted by atomic mass is 10.1. The first-order chi connectivity index (χ1) is 16.0. The highest BCUT2D eigenvalue weighted by atomic mass is 35.5. The topological polar surface area (TPSA) is 66.9 Å². The van der Waals surface area contributed by atoms with Crippen LogP contribution in [0.2, 0.25) is 0 Å². The van der Waals surface area contributed by atoms with Crippen LogP contribution in [0.4, 0.5) is 13.2 Å². The predicted molar refractivity (Wildman–Crippen MR) is 131 cm³/mol. The molecule has 0 radical (unpaired) electrons. The van der Waals surface area contributed by atoms with E-state index in [1.54, 1.807) is 0 Å². The molecule has 0 bridgehead atoms. The number of carbonyl (C=O) groups is 1. The van der Waals surface area contributed by atoms with Gasteiger partial charge in [-0.2, -0.15) is 13.2 Å². The minimum atomic E-state index is -4.85. The molecule has 0 N–H and O–H groups in total. The number of ether oxygens (including phenoxy) is 1. The standard InChI is InChI=1S/C24H27F3N2O4S.ClH/c1-18(30)19-3-5-20(6-4-19)23(17-24(25,26)27)34(31,32)22-9-7-21(8-10-22)33-16-15-29-13-11-28(2)12-14-29;/h3-10,17H,11-16H2,1-2H3;1H/b23-17+;. The molecule has 0 aromatic heterocycles. The van der Waals surface area contributed by atoms with Crippen molar-refractivity contribution in [2.75, 3.05) is 46.4 Å². The van der Waals surface area contributed by atoms with Crippen LogP contribution in [-0.4, -0.2) is 76.6 Å². The minimum Gasteiger partial charge on any atom is -0.492 e. The second kappa shape index (κ2) is 12.0. The van der Waals surface area contributed by atoms with Gasteiger partial charge in [-0.05, 0) is 43.8 Å². The van der Waals surface area contributed by atoms with Gasteiger partial charge in [0.2, 0.25) is 9.84 Å². The molecule has 35 heavy (non-hydrogen) atoms. The van der Waals surface area contributed by atoms with Crippen LogP contribution in [0.15, 0.2) is 59.5 Å². The summed E-state index contributed by atoms with van der Waals surface area (Å²) in [4.78, 5) is 14.8. The van der Waals surface area contributed by atoms with Crippen LogP contribution in [0.1, 0.15) is 22.8 Å². The van der Waals surface area contributed by atoms with Gasteiger partial charge in [0.25, 0.3) is 0 Å². The summed E-state index contributed by atoms with van der Waals surface area (Å²) in [7, 11) is -2.42. The SMILES string of the molecule is CC(=O)c1ccc(/C(=C\C(F)(F)F)S(=O)(=O)c2ccc(OCCN3CCN(C)CC3)cc2)cc1.Cl. The lowest BCUT2D eigenvalue weighted by molar-refractivity contribution is -0.0792. The summed E-state index contributed by atoms with van der Waals surface area (Å²) >= 11 is 0. The minimum absolute atomic E-state index is 0. The molecular formula is C24H28ClF3N2O4S. The molecule has 11 heteroatoms. The van der Waals surface area contributed by atoms with Crippen molar-refractivity contribution in [1.82, 2.24) is 9.80 Å². The number of allylic oxidation sites excluding steroid dienone is 1. The molecule has 6 nitrogen and oxygen atoms in total. The number of carbonyl (C=O) groups excluding carboxylic acids is 1. The second-order valence-corrected chi connectivity index (χ2v) is 10.1. The quantitative estimate of drug-likeness (QED) is 0.472. The highest BCUT2D eigenvalue weighted by Crippen LogP contribution is 2.33. The fourth-order valence-corrected chi connectivity index (χ4v) is 5.02. The molecule has 2 aromatic carbocycles. The number of hydrogen-bond donors (Lipinski definition) is 0. The van der Waals surface area contributed by atoms with E-state index in [9.17, 15) is 26.4 Å². The van der Waals surface area contributed by atoms with E-state index in [-0.39, 0.29) is 40.3 Å². The van der Waals surface area contributed by atoms with Crippen molar-refractivity contribution in [1.29, 1.82) is 0 Å². The summed E-state index contributed by atoms with van der Waals surface area (Å²) in [5, 5.41) is 0. The van der Waals surface area contributed by atoms with Crippen LogP contribution >= 0.6 is 12.4 Å². The largest absolute Gasteiger partial charge is 0.492 e. The number of hydrogen-bond acceptors (Lipinski definition) is 6. The molecule has 1 saturated heterocycles. The smallest absolute Gasteiger partial charge is 0.411 e. The Bertz CT molecular complexity index is 1130. The molecule has 0 atom stereocenters. The number of sulfone groups is 1. The lowest BCUT2D eigenvalue weighted by Gasteiger charge is -2.32. The van der Waals surface area contributed by atoms with E-state index in [0.717, 1.165) is 32.7 Å². The molecule has 0 unspecified atom stereocenters. The summed E-state index contributed by atoms with van der Waals surface area (Å²) in [5.41, 5.74) is 0.111. The van der Waals surface area contributed by atoms with Crippen LogP contribution in [0.3, 0.4) is 0 Å². The van der Waals surface area contributed by atoms with Gasteiger partial charge in [0.1, 0.15) is 12.4 Å². The van der Waals surface area contributed by atoms with Crippen molar-refractivity contribution >= 4 is 32.9 Å². The van der Waals surface area contributed by atoms with Gasteiger partial charge in [0.15, 0.2) is 5.78 Å². The maximum atomic E-state index is 13.2. The summed E-state index contributed by atoms with van der Waals surface area (Å²) in [6, 6.07) is 10.3. The zero-order valence-corrected chi connectivity index (χ0v) is 21.0. The Morgan fingerprint density at radius 3 is 2.03 bits per heavy atom. The molecule has 2 aromatic rings. The van der Waals surface area contributed by atoms with Gasteiger partial charge in [-0.25, -0.2) is 8.42 Å². The van der Waals surface area contributed by atoms with Crippen molar-refractivity contribution in [2.24, 2.45) is 0 Å². The van der Waals surface area contributed by atoms with Crippen molar-refractivity contribution < 1.29 is 31.1 Å². The number of Topliss-reactive ketones (excluding diaryl/α,β-unsaturated/α-hetero) is 1. The first kappa shape index (κ1) is 28.8. The summed E-state index contributed by atoms with van der Waals surface area (Å²) in [6.07, 6.45) is -5.08. The molecule has 0 aliphatic carbocycles. The van der Waals surface area contributed by atoms with E-state index >= 15 is 0 Å². The predicted octanol–water partition coefficient (Wildman–Crippen LogP) is 4.31. The number of nitrogens with zero attached hydrogens (tertiary/aromatic N) is 2. The first-order valence-electron chi connectivity index (χ1n) is 10.8.